The van der Waals surface area contributed by atoms with Gasteiger partial charge in [0, 0.05) is 31.1 Å². The summed E-state index contributed by atoms with van der Waals surface area (Å²) in [5, 5.41) is 8.29. The summed E-state index contributed by atoms with van der Waals surface area (Å²) in [6.07, 6.45) is 3.96. The molecule has 5 heteroatoms. The van der Waals surface area contributed by atoms with Crippen LogP contribution in [0.2, 0.25) is 0 Å². The van der Waals surface area contributed by atoms with E-state index in [9.17, 15) is 0 Å². The zero-order valence-corrected chi connectivity index (χ0v) is 12.2. The Labute approximate surface area is 115 Å². The Morgan fingerprint density at radius 3 is 2.74 bits per heavy atom. The largest absolute Gasteiger partial charge is 0.424 e. The third-order valence-electron chi connectivity index (χ3n) is 4.57. The van der Waals surface area contributed by atoms with Crippen molar-refractivity contribution in [2.24, 2.45) is 0 Å². The number of fused-ring (bicyclic) bond motifs is 2. The first-order valence-corrected chi connectivity index (χ1v) is 7.40. The van der Waals surface area contributed by atoms with Gasteiger partial charge in [-0.05, 0) is 26.3 Å². The summed E-state index contributed by atoms with van der Waals surface area (Å²) >= 11 is 0. The highest BCUT2D eigenvalue weighted by molar-refractivity contribution is 4.93. The molecule has 1 aromatic heterocycles. The van der Waals surface area contributed by atoms with Crippen molar-refractivity contribution in [1.29, 1.82) is 0 Å². The summed E-state index contributed by atoms with van der Waals surface area (Å²) < 4.78 is 5.72. The maximum atomic E-state index is 5.72. The molecular formula is C14H24N4O. The highest BCUT2D eigenvalue weighted by Gasteiger charge is 2.34. The van der Waals surface area contributed by atoms with Crippen LogP contribution in [-0.4, -0.2) is 52.2 Å². The molecule has 3 rings (SSSR count). The van der Waals surface area contributed by atoms with Gasteiger partial charge in [0.05, 0.1) is 6.54 Å². The van der Waals surface area contributed by atoms with E-state index < -0.39 is 0 Å². The highest BCUT2D eigenvalue weighted by atomic mass is 16.4. The molecule has 5 nitrogen and oxygen atoms in total. The van der Waals surface area contributed by atoms with E-state index in [0.717, 1.165) is 37.5 Å². The van der Waals surface area contributed by atoms with E-state index in [1.54, 1.807) is 0 Å². The lowest BCUT2D eigenvalue weighted by atomic mass is 10.1. The van der Waals surface area contributed by atoms with Gasteiger partial charge < -0.3 is 4.42 Å². The zero-order chi connectivity index (χ0) is 13.4. The number of rotatable bonds is 3. The third kappa shape index (κ3) is 2.67. The molecule has 2 aliphatic rings. The average molecular weight is 264 g/mol. The van der Waals surface area contributed by atoms with Gasteiger partial charge in [-0.1, -0.05) is 13.8 Å². The fourth-order valence-corrected chi connectivity index (χ4v) is 3.28. The quantitative estimate of drug-likeness (QED) is 0.834. The van der Waals surface area contributed by atoms with Gasteiger partial charge in [0.1, 0.15) is 0 Å². The van der Waals surface area contributed by atoms with Crippen LogP contribution in [0.25, 0.3) is 0 Å². The molecule has 0 amide bonds. The molecule has 2 atom stereocenters. The first-order chi connectivity index (χ1) is 9.13. The van der Waals surface area contributed by atoms with Crippen molar-refractivity contribution in [3.05, 3.63) is 11.8 Å². The summed E-state index contributed by atoms with van der Waals surface area (Å²) in [4.78, 5) is 5.03. The molecule has 106 valence electrons. The molecule has 3 heterocycles. The monoisotopic (exact) mass is 264 g/mol. The van der Waals surface area contributed by atoms with Crippen LogP contribution in [0.1, 0.15) is 50.8 Å². The molecular weight excluding hydrogens is 240 g/mol. The molecule has 0 aromatic carbocycles. The lowest BCUT2D eigenvalue weighted by Crippen LogP contribution is -2.36. The van der Waals surface area contributed by atoms with E-state index in [-0.39, 0.29) is 0 Å². The molecule has 0 spiro atoms. The van der Waals surface area contributed by atoms with Gasteiger partial charge >= 0.3 is 0 Å². The van der Waals surface area contributed by atoms with Gasteiger partial charge in [0.2, 0.25) is 11.8 Å². The zero-order valence-electron chi connectivity index (χ0n) is 12.2. The number of hydrogen-bond acceptors (Lipinski definition) is 5. The molecule has 2 bridgehead atoms. The highest BCUT2D eigenvalue weighted by Crippen LogP contribution is 2.29. The predicted octanol–water partition coefficient (Wildman–Crippen LogP) is 1.86. The molecule has 0 radical (unpaired) electrons. The topological polar surface area (TPSA) is 45.4 Å². The Hall–Kier alpha value is -0.940. The van der Waals surface area contributed by atoms with Gasteiger partial charge in [0.25, 0.3) is 0 Å². The van der Waals surface area contributed by atoms with Crippen LogP contribution >= 0.6 is 0 Å². The summed E-state index contributed by atoms with van der Waals surface area (Å²) in [5.41, 5.74) is 0. The van der Waals surface area contributed by atoms with Gasteiger partial charge in [-0.3, -0.25) is 9.80 Å². The van der Waals surface area contributed by atoms with Gasteiger partial charge in [-0.25, -0.2) is 0 Å². The smallest absolute Gasteiger partial charge is 0.230 e. The molecule has 0 aliphatic carbocycles. The second kappa shape index (κ2) is 5.21. The summed E-state index contributed by atoms with van der Waals surface area (Å²) in [6, 6.07) is 1.49. The van der Waals surface area contributed by atoms with Crippen molar-refractivity contribution in [3.8, 4) is 0 Å². The minimum Gasteiger partial charge on any atom is -0.424 e. The number of likely N-dealkylation sites (N-methyl/N-ethyl adjacent to an activating group) is 1. The second-order valence-electron chi connectivity index (χ2n) is 6.26. The van der Waals surface area contributed by atoms with Crippen molar-refractivity contribution in [2.45, 2.75) is 57.7 Å². The van der Waals surface area contributed by atoms with Gasteiger partial charge in [0.15, 0.2) is 0 Å². The molecule has 1 aromatic rings. The molecule has 2 saturated heterocycles. The number of nitrogens with zero attached hydrogens (tertiary/aromatic N) is 4. The molecule has 0 N–H and O–H groups in total. The third-order valence-corrected chi connectivity index (χ3v) is 4.57. The normalized spacial score (nSPS) is 29.1. The van der Waals surface area contributed by atoms with Crippen molar-refractivity contribution >= 4 is 0 Å². The number of likely N-dealkylation sites (tertiary alicyclic amines) is 1. The van der Waals surface area contributed by atoms with E-state index in [0.29, 0.717) is 12.0 Å². The van der Waals surface area contributed by atoms with E-state index in [1.807, 2.05) is 0 Å². The second-order valence-corrected chi connectivity index (χ2v) is 6.26. The van der Waals surface area contributed by atoms with E-state index in [1.165, 1.54) is 19.3 Å². The van der Waals surface area contributed by atoms with Crippen LogP contribution in [0.3, 0.4) is 0 Å². The Morgan fingerprint density at radius 2 is 2.00 bits per heavy atom. The first-order valence-electron chi connectivity index (χ1n) is 7.40. The van der Waals surface area contributed by atoms with Crippen LogP contribution < -0.4 is 0 Å². The van der Waals surface area contributed by atoms with Crippen molar-refractivity contribution in [1.82, 2.24) is 20.0 Å². The standard InChI is InChI=1S/C14H24N4O/c1-10(2)14-16-15-13(19-14)9-18-7-6-11-4-5-12(8-18)17(11)3/h10-12H,4-9H2,1-3H3/t11-,12+/m1/s1. The molecule has 0 saturated carbocycles. The van der Waals surface area contributed by atoms with Crippen molar-refractivity contribution in [3.63, 3.8) is 0 Å². The minimum absolute atomic E-state index is 0.313. The number of hydrogen-bond donors (Lipinski definition) is 0. The SMILES string of the molecule is CC(C)c1nnc(CN2CC[C@H]3CC[C@@H](C2)N3C)o1. The lowest BCUT2D eigenvalue weighted by molar-refractivity contribution is 0.201. The van der Waals surface area contributed by atoms with Gasteiger partial charge in [-0.2, -0.15) is 0 Å². The van der Waals surface area contributed by atoms with Crippen molar-refractivity contribution < 1.29 is 4.42 Å². The fraction of sp³-hybridized carbons (Fsp3) is 0.857. The van der Waals surface area contributed by atoms with Crippen LogP contribution in [0, 0.1) is 0 Å². The van der Waals surface area contributed by atoms with Crippen LogP contribution in [0.5, 0.6) is 0 Å². The average Bonchev–Trinajstić information content (AvgIpc) is 2.89. The molecule has 0 unspecified atom stereocenters. The Bertz CT molecular complexity index is 431. The van der Waals surface area contributed by atoms with Gasteiger partial charge in [-0.15, -0.1) is 10.2 Å². The predicted molar refractivity (Wildman–Crippen MR) is 72.9 cm³/mol. The maximum Gasteiger partial charge on any atom is 0.230 e. The minimum atomic E-state index is 0.313. The molecule has 2 aliphatic heterocycles. The van der Waals surface area contributed by atoms with Crippen LogP contribution in [-0.2, 0) is 6.54 Å². The maximum absolute atomic E-state index is 5.72. The Kier molecular flexibility index (Phi) is 3.58. The van der Waals surface area contributed by atoms with E-state index >= 15 is 0 Å². The van der Waals surface area contributed by atoms with Crippen LogP contribution in [0.4, 0.5) is 0 Å². The summed E-state index contributed by atoms with van der Waals surface area (Å²) in [6.45, 7) is 7.24. The van der Waals surface area contributed by atoms with E-state index in [2.05, 4.69) is 40.9 Å². The molecule has 2 fully saturated rings. The fourth-order valence-electron chi connectivity index (χ4n) is 3.28. The Morgan fingerprint density at radius 1 is 1.21 bits per heavy atom. The van der Waals surface area contributed by atoms with Crippen molar-refractivity contribution in [2.75, 3.05) is 20.1 Å². The Balaban J connectivity index is 1.63. The lowest BCUT2D eigenvalue weighted by Gasteiger charge is -2.24. The van der Waals surface area contributed by atoms with E-state index in [4.69, 9.17) is 4.42 Å². The first kappa shape index (κ1) is 13.1. The summed E-state index contributed by atoms with van der Waals surface area (Å²) in [5.74, 6) is 1.83. The summed E-state index contributed by atoms with van der Waals surface area (Å²) in [7, 11) is 2.27. The number of aromatic nitrogens is 2. The molecule has 19 heavy (non-hydrogen) atoms. The van der Waals surface area contributed by atoms with Crippen LogP contribution in [0.15, 0.2) is 4.42 Å².